The van der Waals surface area contributed by atoms with Crippen LogP contribution in [0.2, 0.25) is 0 Å². The van der Waals surface area contributed by atoms with E-state index in [-0.39, 0.29) is 28.9 Å². The summed E-state index contributed by atoms with van der Waals surface area (Å²) in [5.41, 5.74) is 7.51. The van der Waals surface area contributed by atoms with Crippen molar-refractivity contribution >= 4 is 56.8 Å². The van der Waals surface area contributed by atoms with Crippen molar-refractivity contribution in [1.29, 1.82) is 0 Å². The molecule has 0 saturated heterocycles. The third-order valence-electron chi connectivity index (χ3n) is 9.49. The second-order valence-corrected chi connectivity index (χ2v) is 18.6. The van der Waals surface area contributed by atoms with E-state index in [9.17, 15) is 34.4 Å². The van der Waals surface area contributed by atoms with Gasteiger partial charge in [-0.1, -0.05) is 19.9 Å². The fraction of sp³-hybridized carbons (Fsp3) is 0.250. The van der Waals surface area contributed by atoms with Crippen LogP contribution in [0, 0.1) is 37.1 Å². The highest BCUT2D eigenvalue weighted by molar-refractivity contribution is 9.10. The monoisotopic (exact) mass is 911 g/mol. The lowest BCUT2D eigenvalue weighted by atomic mass is 9.81. The van der Waals surface area contributed by atoms with E-state index in [1.54, 1.807) is 24.4 Å². The lowest BCUT2D eigenvalue weighted by molar-refractivity contribution is 0.588. The van der Waals surface area contributed by atoms with Crippen molar-refractivity contribution in [3.8, 4) is 22.5 Å². The van der Waals surface area contributed by atoms with Crippen molar-refractivity contribution in [2.75, 3.05) is 30.5 Å². The number of halogens is 5. The molecule has 0 unspecified atom stereocenters. The van der Waals surface area contributed by atoms with Crippen LogP contribution >= 0.6 is 15.9 Å². The number of hydrogen-bond donors (Lipinski definition) is 3. The Labute approximate surface area is 352 Å². The maximum absolute atomic E-state index is 14.1. The highest BCUT2D eigenvalue weighted by Crippen LogP contribution is 2.33. The quantitative estimate of drug-likeness (QED) is 0.137. The number of fused-ring (bicyclic) bond motifs is 2. The highest BCUT2D eigenvalue weighted by Gasteiger charge is 2.24. The van der Waals surface area contributed by atoms with Gasteiger partial charge in [-0.15, -0.1) is 0 Å². The number of nitrogens with one attached hydrogen (secondary N) is 3. The van der Waals surface area contributed by atoms with E-state index in [0.717, 1.165) is 75.8 Å². The molecule has 6 heterocycles. The molecule has 0 fully saturated rings. The molecule has 2 radical (unpaired) electrons. The van der Waals surface area contributed by atoms with E-state index in [2.05, 4.69) is 46.1 Å². The molecule has 19 heteroatoms. The molecule has 4 aromatic heterocycles. The van der Waals surface area contributed by atoms with Gasteiger partial charge in [0.15, 0.2) is 29.7 Å². The molecule has 0 saturated carbocycles. The minimum absolute atomic E-state index is 0.0295. The standard InChI is InChI=1S/C20H19F2N3O2S.C13H12F2N2.C7H8BrNO2S.B2H3/c1-12-8-19(28(2,26)27)23-10-18(12)25-7-6-16-13(11-25)9-17(24-16)20-14(21)4-3-5-15(20)22;14-9-2-1-3-10(15)13(9)12-6-8-7-16-5-4-11(8)17-12;1-5-3-7(12(2,10)11)9-4-6(5)8;1-2/h3-5,8-10,24H,6-7,11H2,1-2H3;1-3,6,16-17H,4-5,7H2;3-4H,1-2H3;1H3/q;;;-1. The Bertz CT molecular complexity index is 2630. The molecule has 0 spiro atoms. The van der Waals surface area contributed by atoms with Gasteiger partial charge in [0, 0.05) is 73.6 Å². The topological polar surface area (TPSA) is 141 Å². The predicted molar refractivity (Wildman–Crippen MR) is 230 cm³/mol. The van der Waals surface area contributed by atoms with Gasteiger partial charge >= 0.3 is 0 Å². The number of rotatable bonds is 5. The first-order valence-electron chi connectivity index (χ1n) is 17.7. The normalized spacial score (nSPS) is 13.4. The summed E-state index contributed by atoms with van der Waals surface area (Å²) in [6.07, 6.45) is 6.88. The third-order valence-corrected chi connectivity index (χ3v) is 12.3. The zero-order valence-electron chi connectivity index (χ0n) is 31.9. The van der Waals surface area contributed by atoms with Gasteiger partial charge in [-0.05, 0) is 101 Å². The summed E-state index contributed by atoms with van der Waals surface area (Å²) in [5.74, 6) is -2.27. The first-order valence-corrected chi connectivity index (χ1v) is 22.2. The molecule has 59 heavy (non-hydrogen) atoms. The highest BCUT2D eigenvalue weighted by atomic mass is 79.9. The number of sulfone groups is 2. The molecule has 0 amide bonds. The summed E-state index contributed by atoms with van der Waals surface area (Å²) >= 11 is 3.24. The fourth-order valence-electron chi connectivity index (χ4n) is 6.55. The number of nitrogens with zero attached hydrogens (tertiary/aromatic N) is 3. The Kier molecular flexibility index (Phi) is 14.7. The van der Waals surface area contributed by atoms with Crippen LogP contribution in [0.4, 0.5) is 23.2 Å². The van der Waals surface area contributed by atoms with Crippen LogP contribution in [0.15, 0.2) is 87.6 Å². The van der Waals surface area contributed by atoms with Gasteiger partial charge in [0.25, 0.3) is 0 Å². The number of anilines is 1. The largest absolute Gasteiger partial charge is 0.365 e. The van der Waals surface area contributed by atoms with Crippen molar-refractivity contribution in [1.82, 2.24) is 25.3 Å². The molecule has 2 aliphatic rings. The molecule has 2 aliphatic heterocycles. The average Bonchev–Trinajstić information content (AvgIpc) is 3.80. The Balaban J connectivity index is 0.000000181. The van der Waals surface area contributed by atoms with E-state index in [1.165, 1.54) is 42.6 Å². The second kappa shape index (κ2) is 19.1. The molecule has 0 aliphatic carbocycles. The maximum Gasteiger partial charge on any atom is 0.192 e. The SMILES string of the molecule is Cc1cc(S(C)(=O)=O)ncc1Br.Cc1cc(S(C)(=O)=O)ncc1N1CCc2[nH]c(-c3c(F)cccc3F)cc2C1.Fc1cccc(F)c1-c1cc2c([nH]1)CCNC2.[B][BH3-]. The molecule has 310 valence electrons. The summed E-state index contributed by atoms with van der Waals surface area (Å²) in [6.45, 7) is 6.55. The molecular formula is C40H42B2BrF4N6O4S2-. The maximum atomic E-state index is 14.1. The van der Waals surface area contributed by atoms with Crippen molar-refractivity contribution in [2.45, 2.75) is 49.8 Å². The smallest absolute Gasteiger partial charge is 0.192 e. The predicted octanol–water partition coefficient (Wildman–Crippen LogP) is 6.23. The van der Waals surface area contributed by atoms with Crippen LogP contribution in [0.25, 0.3) is 22.5 Å². The third kappa shape index (κ3) is 10.9. The first-order chi connectivity index (χ1) is 27.9. The van der Waals surface area contributed by atoms with Crippen molar-refractivity contribution in [3.05, 3.63) is 134 Å². The number of H-pyrrole nitrogens is 2. The molecular weight excluding hydrogens is 870 g/mol. The van der Waals surface area contributed by atoms with E-state index < -0.39 is 42.9 Å². The summed E-state index contributed by atoms with van der Waals surface area (Å²) in [6, 6.07) is 14.4. The second-order valence-electron chi connectivity index (χ2n) is 13.8. The zero-order chi connectivity index (χ0) is 43.2. The lowest BCUT2D eigenvalue weighted by Crippen LogP contribution is -2.30. The Hall–Kier alpha value is -4.71. The summed E-state index contributed by atoms with van der Waals surface area (Å²) in [5, 5.41) is 3.39. The Morgan fingerprint density at radius 2 is 1.19 bits per heavy atom. The zero-order valence-corrected chi connectivity index (χ0v) is 35.1. The van der Waals surface area contributed by atoms with Gasteiger partial charge in [-0.25, -0.2) is 44.4 Å². The lowest BCUT2D eigenvalue weighted by Gasteiger charge is -2.30. The number of pyridine rings is 2. The number of aromatic nitrogens is 4. The van der Waals surface area contributed by atoms with Gasteiger partial charge in [0.2, 0.25) is 0 Å². The van der Waals surface area contributed by atoms with Gasteiger partial charge in [0.1, 0.15) is 23.3 Å². The van der Waals surface area contributed by atoms with Gasteiger partial charge < -0.3 is 20.2 Å². The minimum atomic E-state index is -3.36. The first kappa shape index (κ1) is 45.4. The number of aromatic amines is 2. The van der Waals surface area contributed by atoms with E-state index in [4.69, 9.17) is 7.74 Å². The van der Waals surface area contributed by atoms with Crippen molar-refractivity contribution < 1.29 is 34.4 Å². The average molecular weight is 912 g/mol. The minimum Gasteiger partial charge on any atom is -0.365 e. The fourth-order valence-corrected chi connectivity index (χ4v) is 8.04. The van der Waals surface area contributed by atoms with Crippen LogP contribution in [0.3, 0.4) is 0 Å². The van der Waals surface area contributed by atoms with Gasteiger partial charge in [-0.3, -0.25) is 0 Å². The van der Waals surface area contributed by atoms with E-state index >= 15 is 0 Å². The summed E-state index contributed by atoms with van der Waals surface area (Å²) < 4.78 is 102. The Morgan fingerprint density at radius 3 is 1.66 bits per heavy atom. The van der Waals surface area contributed by atoms with Crippen LogP contribution in [-0.4, -0.2) is 77.8 Å². The van der Waals surface area contributed by atoms with Crippen LogP contribution in [0.1, 0.15) is 33.6 Å². The molecule has 8 rings (SSSR count). The van der Waals surface area contributed by atoms with E-state index in [0.29, 0.717) is 30.9 Å². The molecule has 2 aromatic carbocycles. The number of benzene rings is 2. The summed E-state index contributed by atoms with van der Waals surface area (Å²) in [4.78, 5) is 16.2. The summed E-state index contributed by atoms with van der Waals surface area (Å²) in [7, 11) is -1.54. The van der Waals surface area contributed by atoms with Gasteiger partial charge in [0.05, 0.1) is 34.4 Å². The van der Waals surface area contributed by atoms with Crippen molar-refractivity contribution in [3.63, 3.8) is 0 Å². The van der Waals surface area contributed by atoms with E-state index in [1.807, 2.05) is 19.9 Å². The Morgan fingerprint density at radius 1 is 0.712 bits per heavy atom. The molecule has 3 N–H and O–H groups in total. The van der Waals surface area contributed by atoms with Crippen LogP contribution < -0.4 is 10.2 Å². The molecule has 0 bridgehead atoms. The van der Waals surface area contributed by atoms with Crippen LogP contribution in [0.5, 0.6) is 0 Å². The number of aryl methyl sites for hydroxylation is 2. The molecule has 6 aromatic rings. The van der Waals surface area contributed by atoms with Gasteiger partial charge in [-0.2, -0.15) is 7.74 Å². The number of hydrogen-bond acceptors (Lipinski definition) is 8. The molecule has 10 nitrogen and oxygen atoms in total. The molecule has 0 atom stereocenters. The van der Waals surface area contributed by atoms with Crippen LogP contribution in [-0.2, 0) is 45.6 Å². The van der Waals surface area contributed by atoms with Crippen molar-refractivity contribution in [2.24, 2.45) is 0 Å².